The van der Waals surface area contributed by atoms with Crippen molar-refractivity contribution in [2.24, 2.45) is 0 Å². The monoisotopic (exact) mass is 726 g/mol. The van der Waals surface area contributed by atoms with Gasteiger partial charge in [-0.2, -0.15) is 0 Å². The van der Waals surface area contributed by atoms with Crippen molar-refractivity contribution in [2.75, 3.05) is 20.3 Å². The first-order valence-corrected chi connectivity index (χ1v) is 16.1. The van der Waals surface area contributed by atoms with Crippen LogP contribution in [0.5, 0.6) is 0 Å². The van der Waals surface area contributed by atoms with E-state index >= 15 is 0 Å². The average molecular weight is 727 g/mol. The van der Waals surface area contributed by atoms with E-state index in [9.17, 15) is 33.9 Å². The fraction of sp³-hybridized carbons (Fsp3) is 0.636. The smallest absolute Gasteiger partial charge is 0.334 e. The highest BCUT2D eigenvalue weighted by Crippen LogP contribution is 2.34. The number of hydrogen-bond donors (Lipinski definition) is 3. The average Bonchev–Trinajstić information content (AvgIpc) is 3.06. The Kier molecular flexibility index (Phi) is 15.7. The van der Waals surface area contributed by atoms with Crippen molar-refractivity contribution in [3.63, 3.8) is 0 Å². The van der Waals surface area contributed by atoms with E-state index in [1.54, 1.807) is 24.3 Å². The van der Waals surface area contributed by atoms with Gasteiger partial charge in [0, 0.05) is 34.6 Å². The van der Waals surface area contributed by atoms with Crippen LogP contribution >= 0.6 is 0 Å². The van der Waals surface area contributed by atoms with E-state index in [0.717, 1.165) is 33.4 Å². The molecule has 0 aromatic heterocycles. The molecule has 284 valence electrons. The minimum absolute atomic E-state index is 0.0142. The second-order valence-electron chi connectivity index (χ2n) is 11.8. The third-order valence-corrected chi connectivity index (χ3v) is 7.71. The highest BCUT2D eigenvalue weighted by Gasteiger charge is 2.55. The summed E-state index contributed by atoms with van der Waals surface area (Å²) in [4.78, 5) is 73.9. The Morgan fingerprint density at radius 3 is 1.86 bits per heavy atom. The molecule has 18 nitrogen and oxygen atoms in total. The largest absolute Gasteiger partial charge is 0.467 e. The second kappa shape index (κ2) is 19.4. The van der Waals surface area contributed by atoms with Gasteiger partial charge in [-0.15, -0.1) is 0 Å². The Morgan fingerprint density at radius 2 is 1.33 bits per heavy atom. The first kappa shape index (κ1) is 41.2. The molecule has 18 heteroatoms. The molecule has 3 N–H and O–H groups in total. The highest BCUT2D eigenvalue weighted by atomic mass is 16.7. The lowest BCUT2D eigenvalue weighted by molar-refractivity contribution is -0.340. The maximum absolute atomic E-state index is 12.6. The molecule has 0 radical (unpaired) electrons. The van der Waals surface area contributed by atoms with Gasteiger partial charge >= 0.3 is 23.9 Å². The topological polar surface area (TPSA) is 230 Å². The van der Waals surface area contributed by atoms with Gasteiger partial charge < -0.3 is 58.4 Å². The number of methoxy groups -OCH3 is 1. The highest BCUT2D eigenvalue weighted by molar-refractivity contribution is 5.75. The van der Waals surface area contributed by atoms with Crippen LogP contribution in [0.25, 0.3) is 0 Å². The first-order valence-electron chi connectivity index (χ1n) is 16.1. The predicted molar refractivity (Wildman–Crippen MR) is 170 cm³/mol. The molecule has 11 atom stereocenters. The number of carbonyl (C=O) groups is 6. The normalized spacial score (nSPS) is 29.5. The van der Waals surface area contributed by atoms with Crippen molar-refractivity contribution < 1.29 is 76.5 Å². The van der Waals surface area contributed by atoms with Crippen LogP contribution in [0.4, 0.5) is 0 Å². The maximum Gasteiger partial charge on any atom is 0.334 e. The fourth-order valence-electron chi connectivity index (χ4n) is 5.68. The van der Waals surface area contributed by atoms with Crippen LogP contribution in [-0.2, 0) is 78.0 Å². The van der Waals surface area contributed by atoms with Gasteiger partial charge in [0.15, 0.2) is 30.9 Å². The molecule has 0 saturated carbocycles. The first-order chi connectivity index (χ1) is 24.1. The molecule has 3 rings (SSSR count). The van der Waals surface area contributed by atoms with Crippen LogP contribution in [0.1, 0.15) is 47.1 Å². The number of benzene rings is 1. The van der Waals surface area contributed by atoms with Crippen molar-refractivity contribution in [3.05, 3.63) is 35.9 Å². The number of esters is 4. The number of aliphatic hydroxyl groups is 1. The summed E-state index contributed by atoms with van der Waals surface area (Å²) in [6.07, 6.45) is -12.4. The summed E-state index contributed by atoms with van der Waals surface area (Å²) in [5, 5.41) is 15.9. The number of aliphatic hydroxyl groups excluding tert-OH is 1. The number of rotatable bonds is 15. The second-order valence-corrected chi connectivity index (χ2v) is 11.8. The van der Waals surface area contributed by atoms with Crippen LogP contribution in [0.2, 0.25) is 0 Å². The zero-order chi connectivity index (χ0) is 37.8. The lowest BCUT2D eigenvalue weighted by Crippen LogP contribution is -2.70. The van der Waals surface area contributed by atoms with Crippen LogP contribution in [0, 0.1) is 0 Å². The minimum atomic E-state index is -1.62. The standard InChI is InChI=1S/C33H46N2O16/c1-16(31(42)43-7)46-29-25(34-17(2)37)32(45-14-22-11-9-8-10-12-22)49-23(13-36)27(29)51-33-26(35-18(3)38)30(48-21(6)41)28(47-20(5)40)24(50-33)15-44-19(4)39/h8-12,16,23-30,32-33,36H,13-15H2,1-7H3,(H,34,37)(H,35,38)/t16-,23?,24?,25?,26?,27?,28?,29?,30?,32?,33?/m1/s1. The van der Waals surface area contributed by atoms with Crippen molar-refractivity contribution in [1.29, 1.82) is 0 Å². The lowest BCUT2D eigenvalue weighted by Gasteiger charge is -2.50. The van der Waals surface area contributed by atoms with Gasteiger partial charge in [0.25, 0.3) is 0 Å². The van der Waals surface area contributed by atoms with E-state index in [0.29, 0.717) is 0 Å². The number of ether oxygens (including phenoxy) is 9. The van der Waals surface area contributed by atoms with Crippen LogP contribution in [0.15, 0.2) is 30.3 Å². The van der Waals surface area contributed by atoms with Crippen LogP contribution in [-0.4, -0.2) is 129 Å². The molecular formula is C33H46N2O16. The molecule has 2 amide bonds. The van der Waals surface area contributed by atoms with E-state index in [1.165, 1.54) is 20.8 Å². The van der Waals surface area contributed by atoms with Crippen LogP contribution < -0.4 is 10.6 Å². The molecule has 2 fully saturated rings. The van der Waals surface area contributed by atoms with E-state index in [2.05, 4.69) is 10.6 Å². The van der Waals surface area contributed by atoms with Gasteiger partial charge in [-0.05, 0) is 12.5 Å². The van der Waals surface area contributed by atoms with Crippen molar-refractivity contribution in [1.82, 2.24) is 10.6 Å². The maximum atomic E-state index is 12.6. The Bertz CT molecular complexity index is 1360. The summed E-state index contributed by atoms with van der Waals surface area (Å²) in [6, 6.07) is 6.44. The third-order valence-electron chi connectivity index (χ3n) is 7.71. The van der Waals surface area contributed by atoms with Crippen molar-refractivity contribution >= 4 is 35.7 Å². The molecule has 51 heavy (non-hydrogen) atoms. The number of amides is 2. The van der Waals surface area contributed by atoms with E-state index in [4.69, 9.17) is 42.6 Å². The molecule has 0 aliphatic carbocycles. The third kappa shape index (κ3) is 11.9. The van der Waals surface area contributed by atoms with Gasteiger partial charge in [-0.3, -0.25) is 24.0 Å². The minimum Gasteiger partial charge on any atom is -0.467 e. The van der Waals surface area contributed by atoms with Gasteiger partial charge in [0.2, 0.25) is 11.8 Å². The molecule has 2 saturated heterocycles. The summed E-state index contributed by atoms with van der Waals surface area (Å²) in [5.74, 6) is -4.30. The van der Waals surface area contributed by atoms with E-state index in [1.807, 2.05) is 6.07 Å². The molecule has 2 aliphatic rings. The zero-order valence-corrected chi connectivity index (χ0v) is 29.4. The summed E-state index contributed by atoms with van der Waals surface area (Å²) >= 11 is 0. The van der Waals surface area contributed by atoms with Crippen molar-refractivity contribution in [2.45, 2.75) is 116 Å². The Labute approximate surface area is 294 Å². The Balaban J connectivity index is 2.12. The van der Waals surface area contributed by atoms with Gasteiger partial charge in [0.05, 0.1) is 20.3 Å². The number of hydrogen-bond acceptors (Lipinski definition) is 16. The van der Waals surface area contributed by atoms with Gasteiger partial charge in [-0.25, -0.2) is 4.79 Å². The SMILES string of the molecule is COC(=O)[C@@H](C)OC1C(NC(C)=O)C(OCc2ccccc2)OC(CO)C1OC1OC(COC(C)=O)C(OC(C)=O)C(OC(C)=O)C1NC(C)=O. The van der Waals surface area contributed by atoms with Gasteiger partial charge in [0.1, 0.15) is 43.1 Å². The van der Waals surface area contributed by atoms with Crippen molar-refractivity contribution in [3.8, 4) is 0 Å². The van der Waals surface area contributed by atoms with E-state index < -0.39 is 116 Å². The van der Waals surface area contributed by atoms with Crippen LogP contribution in [0.3, 0.4) is 0 Å². The summed E-state index contributed by atoms with van der Waals surface area (Å²) in [5.41, 5.74) is 0.758. The van der Waals surface area contributed by atoms with E-state index in [-0.39, 0.29) is 6.61 Å². The zero-order valence-electron chi connectivity index (χ0n) is 29.4. The Morgan fingerprint density at radius 1 is 0.765 bits per heavy atom. The number of carbonyl (C=O) groups excluding carboxylic acids is 6. The molecule has 2 aliphatic heterocycles. The summed E-state index contributed by atoms with van der Waals surface area (Å²) < 4.78 is 51.9. The molecule has 1 aromatic rings. The van der Waals surface area contributed by atoms with Gasteiger partial charge in [-0.1, -0.05) is 30.3 Å². The summed E-state index contributed by atoms with van der Waals surface area (Å²) in [6.45, 7) is 5.90. The molecular weight excluding hydrogens is 680 g/mol. The number of nitrogens with one attached hydrogen (secondary N) is 2. The molecule has 10 unspecified atom stereocenters. The predicted octanol–water partition coefficient (Wildman–Crippen LogP) is -0.587. The fourth-order valence-corrected chi connectivity index (χ4v) is 5.68. The summed E-state index contributed by atoms with van der Waals surface area (Å²) in [7, 11) is 1.15. The molecule has 0 bridgehead atoms. The lowest BCUT2D eigenvalue weighted by atomic mass is 9.93. The molecule has 2 heterocycles. The molecule has 1 aromatic carbocycles. The quantitative estimate of drug-likeness (QED) is 0.152. The Hall–Kier alpha value is -4.20. The molecule has 0 spiro atoms.